The molecule has 72 valence electrons. The first-order valence-corrected chi connectivity index (χ1v) is 4.74. The van der Waals surface area contributed by atoms with E-state index in [9.17, 15) is 4.79 Å². The molecule has 2 rings (SSSR count). The monoisotopic (exact) mass is 188 g/mol. The van der Waals surface area contributed by atoms with Crippen LogP contribution in [0.1, 0.15) is 30.0 Å². The number of furan rings is 1. The molecule has 1 aromatic heterocycles. The van der Waals surface area contributed by atoms with Gasteiger partial charge in [-0.2, -0.15) is 0 Å². The Morgan fingerprint density at radius 2 is 2.21 bits per heavy atom. The second-order valence-electron chi connectivity index (χ2n) is 3.35. The number of Topliss-reactive ketones (excluding diaryl/α,β-unsaturated/α-hetero) is 1. The molecular weight excluding hydrogens is 176 g/mol. The zero-order valence-electron chi connectivity index (χ0n) is 8.33. The van der Waals surface area contributed by atoms with Gasteiger partial charge in [-0.3, -0.25) is 4.79 Å². The summed E-state index contributed by atoms with van der Waals surface area (Å²) in [5.41, 5.74) is 2.02. The van der Waals surface area contributed by atoms with E-state index >= 15 is 0 Å². The highest BCUT2D eigenvalue weighted by molar-refractivity contribution is 5.96. The second kappa shape index (κ2) is 3.29. The highest BCUT2D eigenvalue weighted by Gasteiger charge is 2.09. The number of rotatable bonds is 2. The van der Waals surface area contributed by atoms with E-state index < -0.39 is 0 Å². The minimum Gasteiger partial charge on any atom is -0.453 e. The summed E-state index contributed by atoms with van der Waals surface area (Å²) in [5, 5.41) is 1.06. The second-order valence-corrected chi connectivity index (χ2v) is 3.35. The highest BCUT2D eigenvalue weighted by Crippen LogP contribution is 2.23. The van der Waals surface area contributed by atoms with Crippen molar-refractivity contribution in [2.24, 2.45) is 0 Å². The molecule has 0 atom stereocenters. The number of hydrogen-bond donors (Lipinski definition) is 0. The first-order chi connectivity index (χ1) is 6.72. The molecule has 0 bridgehead atoms. The van der Waals surface area contributed by atoms with Gasteiger partial charge >= 0.3 is 0 Å². The van der Waals surface area contributed by atoms with Crippen molar-refractivity contribution in [3.63, 3.8) is 0 Å². The van der Waals surface area contributed by atoms with Crippen molar-refractivity contribution < 1.29 is 9.21 Å². The standard InChI is InChI=1S/C12H12O2/c1-3-9-5-4-6-11-10(9)7-12(14-11)8(2)13/h4-7H,3H2,1-2H3. The van der Waals surface area contributed by atoms with Crippen LogP contribution in [0.3, 0.4) is 0 Å². The van der Waals surface area contributed by atoms with E-state index in [1.807, 2.05) is 18.2 Å². The maximum absolute atomic E-state index is 11.1. The Morgan fingerprint density at radius 1 is 1.43 bits per heavy atom. The van der Waals surface area contributed by atoms with Gasteiger partial charge in [0.05, 0.1) is 0 Å². The first kappa shape index (κ1) is 9.00. The molecule has 0 saturated heterocycles. The molecule has 0 spiro atoms. The van der Waals surface area contributed by atoms with Crippen LogP contribution in [0.15, 0.2) is 28.7 Å². The maximum atomic E-state index is 11.1. The summed E-state index contributed by atoms with van der Waals surface area (Å²) >= 11 is 0. The Labute approximate surface area is 82.5 Å². The molecule has 2 aromatic rings. The third-order valence-electron chi connectivity index (χ3n) is 2.38. The Hall–Kier alpha value is -1.57. The van der Waals surface area contributed by atoms with Crippen LogP contribution in [0.25, 0.3) is 11.0 Å². The summed E-state index contributed by atoms with van der Waals surface area (Å²) in [5.74, 6) is 0.421. The third kappa shape index (κ3) is 1.33. The number of fused-ring (bicyclic) bond motifs is 1. The zero-order chi connectivity index (χ0) is 10.1. The van der Waals surface area contributed by atoms with Crippen LogP contribution < -0.4 is 0 Å². The Balaban J connectivity index is 2.70. The maximum Gasteiger partial charge on any atom is 0.194 e. The lowest BCUT2D eigenvalue weighted by molar-refractivity contribution is 0.0989. The average molecular weight is 188 g/mol. The van der Waals surface area contributed by atoms with Crippen LogP contribution in [0.4, 0.5) is 0 Å². The van der Waals surface area contributed by atoms with E-state index in [4.69, 9.17) is 4.42 Å². The molecule has 0 aliphatic rings. The van der Waals surface area contributed by atoms with E-state index in [1.54, 1.807) is 0 Å². The minimum atomic E-state index is -0.0248. The van der Waals surface area contributed by atoms with E-state index in [1.165, 1.54) is 12.5 Å². The number of benzene rings is 1. The Kier molecular flexibility index (Phi) is 2.12. The van der Waals surface area contributed by atoms with Crippen LogP contribution in [0, 0.1) is 0 Å². The van der Waals surface area contributed by atoms with Gasteiger partial charge in [0.25, 0.3) is 0 Å². The molecule has 0 aliphatic carbocycles. The first-order valence-electron chi connectivity index (χ1n) is 4.74. The molecule has 0 amide bonds. The molecule has 1 aromatic carbocycles. The smallest absolute Gasteiger partial charge is 0.194 e. The van der Waals surface area contributed by atoms with Crippen molar-refractivity contribution in [2.75, 3.05) is 0 Å². The number of carbonyl (C=O) groups excluding carboxylic acids is 1. The molecular formula is C12H12O2. The van der Waals surface area contributed by atoms with E-state index in [0.717, 1.165) is 17.4 Å². The predicted molar refractivity (Wildman–Crippen MR) is 55.6 cm³/mol. The molecule has 2 nitrogen and oxygen atoms in total. The lowest BCUT2D eigenvalue weighted by atomic mass is 10.1. The summed E-state index contributed by atoms with van der Waals surface area (Å²) in [4.78, 5) is 11.1. The summed E-state index contributed by atoms with van der Waals surface area (Å²) < 4.78 is 5.42. The van der Waals surface area contributed by atoms with Crippen molar-refractivity contribution in [2.45, 2.75) is 20.3 Å². The van der Waals surface area contributed by atoms with Crippen LogP contribution in [0.2, 0.25) is 0 Å². The van der Waals surface area contributed by atoms with Crippen molar-refractivity contribution in [1.82, 2.24) is 0 Å². The van der Waals surface area contributed by atoms with Crippen molar-refractivity contribution in [1.29, 1.82) is 0 Å². The van der Waals surface area contributed by atoms with E-state index in [0.29, 0.717) is 5.76 Å². The summed E-state index contributed by atoms with van der Waals surface area (Å²) in [6.45, 7) is 3.61. The number of carbonyl (C=O) groups is 1. The fourth-order valence-electron chi connectivity index (χ4n) is 1.60. The molecule has 0 N–H and O–H groups in total. The largest absolute Gasteiger partial charge is 0.453 e. The van der Waals surface area contributed by atoms with Gasteiger partial charge in [-0.25, -0.2) is 0 Å². The van der Waals surface area contributed by atoms with Gasteiger partial charge in [0.2, 0.25) is 0 Å². The van der Waals surface area contributed by atoms with Gasteiger partial charge in [-0.1, -0.05) is 19.1 Å². The van der Waals surface area contributed by atoms with E-state index in [2.05, 4.69) is 13.0 Å². The molecule has 0 saturated carbocycles. The molecule has 2 heteroatoms. The predicted octanol–water partition coefficient (Wildman–Crippen LogP) is 3.20. The average Bonchev–Trinajstić information content (AvgIpc) is 2.60. The Morgan fingerprint density at radius 3 is 2.86 bits per heavy atom. The molecule has 0 unspecified atom stereocenters. The quantitative estimate of drug-likeness (QED) is 0.677. The highest BCUT2D eigenvalue weighted by atomic mass is 16.3. The lowest BCUT2D eigenvalue weighted by Crippen LogP contribution is -1.85. The van der Waals surface area contributed by atoms with Crippen molar-refractivity contribution >= 4 is 16.8 Å². The third-order valence-corrected chi connectivity index (χ3v) is 2.38. The zero-order valence-corrected chi connectivity index (χ0v) is 8.33. The van der Waals surface area contributed by atoms with Crippen molar-refractivity contribution in [3.05, 3.63) is 35.6 Å². The number of aryl methyl sites for hydroxylation is 1. The van der Waals surface area contributed by atoms with Gasteiger partial charge in [-0.15, -0.1) is 0 Å². The molecule has 0 aliphatic heterocycles. The summed E-state index contributed by atoms with van der Waals surface area (Å²) in [7, 11) is 0. The van der Waals surface area contributed by atoms with Gasteiger partial charge in [-0.05, 0) is 24.1 Å². The summed E-state index contributed by atoms with van der Waals surface area (Å²) in [6, 6.07) is 7.73. The summed E-state index contributed by atoms with van der Waals surface area (Å²) in [6.07, 6.45) is 0.953. The van der Waals surface area contributed by atoms with Gasteiger partial charge in [0.15, 0.2) is 11.5 Å². The fraction of sp³-hybridized carbons (Fsp3) is 0.250. The molecule has 1 heterocycles. The minimum absolute atomic E-state index is 0.0248. The molecule has 14 heavy (non-hydrogen) atoms. The van der Waals surface area contributed by atoms with Gasteiger partial charge in [0.1, 0.15) is 5.58 Å². The van der Waals surface area contributed by atoms with E-state index in [-0.39, 0.29) is 5.78 Å². The normalized spacial score (nSPS) is 10.7. The van der Waals surface area contributed by atoms with Crippen LogP contribution >= 0.6 is 0 Å². The Bertz CT molecular complexity index is 480. The van der Waals surface area contributed by atoms with Crippen LogP contribution in [0.5, 0.6) is 0 Å². The van der Waals surface area contributed by atoms with Gasteiger partial charge < -0.3 is 4.42 Å². The molecule has 0 fully saturated rings. The topological polar surface area (TPSA) is 30.2 Å². The lowest BCUT2D eigenvalue weighted by Gasteiger charge is -1.95. The van der Waals surface area contributed by atoms with Crippen LogP contribution in [-0.2, 0) is 6.42 Å². The fourth-order valence-corrected chi connectivity index (χ4v) is 1.60. The van der Waals surface area contributed by atoms with Crippen molar-refractivity contribution in [3.8, 4) is 0 Å². The number of hydrogen-bond acceptors (Lipinski definition) is 2. The van der Waals surface area contributed by atoms with Crippen LogP contribution in [-0.4, -0.2) is 5.78 Å². The van der Waals surface area contributed by atoms with Gasteiger partial charge in [0, 0.05) is 12.3 Å². The molecule has 0 radical (unpaired) electrons. The SMILES string of the molecule is CCc1cccc2oc(C(C)=O)cc12. The number of ketones is 1.